The Morgan fingerprint density at radius 2 is 1.69 bits per heavy atom. The zero-order valence-corrected chi connectivity index (χ0v) is 17.6. The first-order chi connectivity index (χ1) is 11.9. The van der Waals surface area contributed by atoms with Gasteiger partial charge in [-0.25, -0.2) is 0 Å². The number of carbonyl (C=O) groups excluding carboxylic acids is 1. The van der Waals surface area contributed by atoms with Crippen LogP contribution in [-0.4, -0.2) is 20.3 Å². The molecule has 0 aromatic heterocycles. The third-order valence-electron chi connectivity index (χ3n) is 4.53. The van der Waals surface area contributed by atoms with Gasteiger partial charge in [0.2, 0.25) is 0 Å². The van der Waals surface area contributed by atoms with Crippen molar-refractivity contribution in [3.63, 3.8) is 0 Å². The molecule has 0 aliphatic heterocycles. The van der Waals surface area contributed by atoms with Gasteiger partial charge in [-0.05, 0) is 45.1 Å². The van der Waals surface area contributed by atoms with Crippen molar-refractivity contribution < 1.29 is 22.5 Å². The molecule has 0 aliphatic carbocycles. The summed E-state index contributed by atoms with van der Waals surface area (Å²) in [5.74, 6) is -0.272. The molecule has 1 N–H and O–H groups in total. The van der Waals surface area contributed by atoms with Gasteiger partial charge in [-0.2, -0.15) is 4.21 Å². The SMILES string of the molecule is Cc1ccc(C(OS(=O)O)C(CC(=O)OC(C)(C)C)C(C)C(C)C)cc1. The van der Waals surface area contributed by atoms with E-state index in [4.69, 9.17) is 8.92 Å². The second kappa shape index (κ2) is 9.62. The third-order valence-corrected chi connectivity index (χ3v) is 4.90. The average Bonchev–Trinajstić information content (AvgIpc) is 2.48. The van der Waals surface area contributed by atoms with Crippen molar-refractivity contribution in [2.45, 2.75) is 66.6 Å². The van der Waals surface area contributed by atoms with Gasteiger partial charge in [0.1, 0.15) is 11.7 Å². The molecule has 0 spiro atoms. The summed E-state index contributed by atoms with van der Waals surface area (Å²) in [7, 11) is 0. The summed E-state index contributed by atoms with van der Waals surface area (Å²) < 4.78 is 31.6. The van der Waals surface area contributed by atoms with Crippen molar-refractivity contribution in [2.24, 2.45) is 17.8 Å². The quantitative estimate of drug-likeness (QED) is 0.513. The zero-order valence-electron chi connectivity index (χ0n) is 16.8. The molecule has 0 bridgehead atoms. The fourth-order valence-electron chi connectivity index (χ4n) is 2.86. The van der Waals surface area contributed by atoms with Crippen LogP contribution in [0.2, 0.25) is 0 Å². The molecule has 0 heterocycles. The molecule has 0 saturated heterocycles. The van der Waals surface area contributed by atoms with Crippen molar-refractivity contribution in [1.82, 2.24) is 0 Å². The van der Waals surface area contributed by atoms with E-state index >= 15 is 0 Å². The van der Waals surface area contributed by atoms with Crippen LogP contribution in [0, 0.1) is 24.7 Å². The third kappa shape index (κ3) is 7.56. The molecule has 0 saturated carbocycles. The highest BCUT2D eigenvalue weighted by Gasteiger charge is 2.35. The van der Waals surface area contributed by atoms with Crippen LogP contribution in [0.25, 0.3) is 0 Å². The summed E-state index contributed by atoms with van der Waals surface area (Å²) >= 11 is -2.44. The van der Waals surface area contributed by atoms with E-state index in [0.717, 1.165) is 11.1 Å². The summed E-state index contributed by atoms with van der Waals surface area (Å²) in [5, 5.41) is 0. The molecular formula is C20H32O5S. The summed E-state index contributed by atoms with van der Waals surface area (Å²) in [4.78, 5) is 12.5. The van der Waals surface area contributed by atoms with E-state index < -0.39 is 23.1 Å². The van der Waals surface area contributed by atoms with Gasteiger partial charge in [0, 0.05) is 5.92 Å². The fraction of sp³-hybridized carbons (Fsp3) is 0.650. The maximum Gasteiger partial charge on any atom is 0.306 e. The Morgan fingerprint density at radius 3 is 2.12 bits per heavy atom. The zero-order chi connectivity index (χ0) is 20.1. The van der Waals surface area contributed by atoms with Crippen molar-refractivity contribution >= 4 is 17.3 Å². The summed E-state index contributed by atoms with van der Waals surface area (Å²) in [6.45, 7) is 13.6. The molecule has 6 heteroatoms. The lowest BCUT2D eigenvalue weighted by atomic mass is 9.77. The monoisotopic (exact) mass is 384 g/mol. The second-order valence-corrected chi connectivity index (χ2v) is 8.83. The average molecular weight is 385 g/mol. The van der Waals surface area contributed by atoms with E-state index in [1.165, 1.54) is 0 Å². The maximum atomic E-state index is 12.5. The topological polar surface area (TPSA) is 72.8 Å². The predicted octanol–water partition coefficient (Wildman–Crippen LogP) is 4.83. The Kier molecular flexibility index (Phi) is 8.44. The molecule has 1 aromatic carbocycles. The number of ether oxygens (including phenoxy) is 1. The molecule has 26 heavy (non-hydrogen) atoms. The standard InChI is InChI=1S/C20H32O5S/c1-13(2)15(4)17(12-18(21)24-20(5,6)7)19(25-26(22)23)16-10-8-14(3)9-11-16/h8-11,13,15,17,19H,12H2,1-7H3,(H,22,23). The highest BCUT2D eigenvalue weighted by atomic mass is 32.2. The molecule has 1 aromatic rings. The molecule has 0 aliphatic rings. The van der Waals surface area contributed by atoms with Crippen LogP contribution < -0.4 is 0 Å². The molecule has 0 fully saturated rings. The van der Waals surface area contributed by atoms with Gasteiger partial charge in [-0.3, -0.25) is 13.5 Å². The van der Waals surface area contributed by atoms with Crippen LogP contribution >= 0.6 is 0 Å². The molecule has 0 radical (unpaired) electrons. The molecule has 5 nitrogen and oxygen atoms in total. The lowest BCUT2D eigenvalue weighted by Gasteiger charge is -2.33. The van der Waals surface area contributed by atoms with Crippen molar-refractivity contribution in [3.8, 4) is 0 Å². The van der Waals surface area contributed by atoms with Gasteiger partial charge < -0.3 is 4.74 Å². The van der Waals surface area contributed by atoms with Gasteiger partial charge in [-0.15, -0.1) is 0 Å². The van der Waals surface area contributed by atoms with Crippen LogP contribution in [-0.2, 0) is 25.1 Å². The largest absolute Gasteiger partial charge is 0.460 e. The van der Waals surface area contributed by atoms with Crippen molar-refractivity contribution in [2.75, 3.05) is 0 Å². The number of carbonyl (C=O) groups is 1. The maximum absolute atomic E-state index is 12.5. The highest BCUT2D eigenvalue weighted by Crippen LogP contribution is 2.38. The first kappa shape index (κ1) is 22.8. The summed E-state index contributed by atoms with van der Waals surface area (Å²) in [5.41, 5.74) is 1.28. The minimum absolute atomic E-state index is 0.0809. The summed E-state index contributed by atoms with van der Waals surface area (Å²) in [6, 6.07) is 7.61. The van der Waals surface area contributed by atoms with Gasteiger partial charge in [-0.1, -0.05) is 50.6 Å². The lowest BCUT2D eigenvalue weighted by molar-refractivity contribution is -0.157. The number of rotatable bonds is 8. The molecule has 4 unspecified atom stereocenters. The van der Waals surface area contributed by atoms with Crippen LogP contribution in [0.3, 0.4) is 0 Å². The highest BCUT2D eigenvalue weighted by molar-refractivity contribution is 7.74. The molecular weight excluding hydrogens is 352 g/mol. The smallest absolute Gasteiger partial charge is 0.306 e. The first-order valence-corrected chi connectivity index (χ1v) is 10.00. The van der Waals surface area contributed by atoms with Crippen LogP contribution in [0.1, 0.15) is 65.2 Å². The van der Waals surface area contributed by atoms with Crippen LogP contribution in [0.5, 0.6) is 0 Å². The molecule has 0 amide bonds. The second-order valence-electron chi connectivity index (χ2n) is 8.20. The normalized spacial score (nSPS) is 16.8. The van der Waals surface area contributed by atoms with Crippen LogP contribution in [0.4, 0.5) is 0 Å². The van der Waals surface area contributed by atoms with E-state index in [9.17, 15) is 13.6 Å². The Labute approximate surface area is 160 Å². The lowest BCUT2D eigenvalue weighted by Crippen LogP contribution is -2.32. The number of benzene rings is 1. The number of esters is 1. The number of hydrogen-bond donors (Lipinski definition) is 1. The Hall–Kier alpha value is -1.24. The molecule has 148 valence electrons. The Balaban J connectivity index is 3.21. The molecule has 4 atom stereocenters. The number of aryl methyl sites for hydroxylation is 1. The first-order valence-electron chi connectivity index (χ1n) is 8.97. The van der Waals surface area contributed by atoms with Crippen LogP contribution in [0.15, 0.2) is 24.3 Å². The summed E-state index contributed by atoms with van der Waals surface area (Å²) in [6.07, 6.45) is -0.557. The number of hydrogen-bond acceptors (Lipinski definition) is 4. The predicted molar refractivity (Wildman–Crippen MR) is 104 cm³/mol. The Morgan fingerprint density at radius 1 is 1.15 bits per heavy atom. The fourth-order valence-corrected chi connectivity index (χ4v) is 3.29. The van der Waals surface area contributed by atoms with E-state index in [1.54, 1.807) is 0 Å². The van der Waals surface area contributed by atoms with Crippen molar-refractivity contribution in [1.29, 1.82) is 0 Å². The van der Waals surface area contributed by atoms with E-state index in [-0.39, 0.29) is 30.1 Å². The van der Waals surface area contributed by atoms with Gasteiger partial charge in [0.15, 0.2) is 0 Å². The van der Waals surface area contributed by atoms with Crippen molar-refractivity contribution in [3.05, 3.63) is 35.4 Å². The minimum atomic E-state index is -2.44. The molecule has 1 rings (SSSR count). The van der Waals surface area contributed by atoms with Gasteiger partial charge >= 0.3 is 17.3 Å². The van der Waals surface area contributed by atoms with E-state index in [0.29, 0.717) is 0 Å². The van der Waals surface area contributed by atoms with E-state index in [2.05, 4.69) is 13.8 Å². The minimum Gasteiger partial charge on any atom is -0.460 e. The van der Waals surface area contributed by atoms with Gasteiger partial charge in [0.25, 0.3) is 0 Å². The Bertz CT molecular complexity index is 604. The van der Waals surface area contributed by atoms with Gasteiger partial charge in [0.05, 0.1) is 6.42 Å². The van der Waals surface area contributed by atoms with E-state index in [1.807, 2.05) is 58.9 Å².